The van der Waals surface area contributed by atoms with E-state index in [2.05, 4.69) is 45.2 Å². The van der Waals surface area contributed by atoms with Gasteiger partial charge in [0.05, 0.1) is 11.3 Å². The maximum atomic E-state index is 6.24. The molecule has 0 amide bonds. The number of thiophene rings is 1. The van der Waals surface area contributed by atoms with E-state index in [9.17, 15) is 0 Å². The first-order chi connectivity index (χ1) is 8.78. The van der Waals surface area contributed by atoms with Crippen LogP contribution in [0.4, 0.5) is 5.82 Å². The topological polar surface area (TPSA) is 43.8 Å². The Bertz CT molecular complexity index is 606. The number of aryl methyl sites for hydroxylation is 1. The highest BCUT2D eigenvalue weighted by Crippen LogP contribution is 2.74. The summed E-state index contributed by atoms with van der Waals surface area (Å²) in [6.07, 6.45) is 0. The van der Waals surface area contributed by atoms with Crippen LogP contribution in [0.25, 0.3) is 10.4 Å². The van der Waals surface area contributed by atoms with E-state index in [0.717, 1.165) is 17.1 Å². The zero-order chi connectivity index (χ0) is 14.0. The molecule has 0 unspecified atom stereocenters. The van der Waals surface area contributed by atoms with Crippen LogP contribution in [0.2, 0.25) is 0 Å². The van der Waals surface area contributed by atoms with E-state index in [4.69, 9.17) is 10.8 Å². The maximum absolute atomic E-state index is 6.24. The van der Waals surface area contributed by atoms with Crippen molar-refractivity contribution in [2.45, 2.75) is 33.6 Å². The lowest BCUT2D eigenvalue weighted by atomic mass is 10.0. The Balaban J connectivity index is 2.17. The average molecular weight is 275 g/mol. The molecule has 0 aromatic carbocycles. The highest BCUT2D eigenvalue weighted by molar-refractivity contribution is 7.13. The summed E-state index contributed by atoms with van der Waals surface area (Å²) in [6, 6.07) is 4.20. The average Bonchev–Trinajstić information content (AvgIpc) is 2.74. The highest BCUT2D eigenvalue weighted by atomic mass is 32.1. The molecule has 3 rings (SSSR count). The van der Waals surface area contributed by atoms with Gasteiger partial charge in [0.1, 0.15) is 5.82 Å². The Morgan fingerprint density at radius 2 is 1.89 bits per heavy atom. The van der Waals surface area contributed by atoms with Crippen LogP contribution in [0.5, 0.6) is 0 Å². The van der Waals surface area contributed by atoms with Gasteiger partial charge in [0.2, 0.25) is 0 Å². The first-order valence-electron chi connectivity index (χ1n) is 6.64. The third kappa shape index (κ3) is 1.52. The van der Waals surface area contributed by atoms with Crippen LogP contribution in [-0.2, 0) is 7.05 Å². The zero-order valence-electron chi connectivity index (χ0n) is 12.2. The molecule has 0 radical (unpaired) electrons. The van der Waals surface area contributed by atoms with Gasteiger partial charge in [-0.05, 0) is 22.3 Å². The Morgan fingerprint density at radius 3 is 2.37 bits per heavy atom. The van der Waals surface area contributed by atoms with Crippen molar-refractivity contribution in [3.63, 3.8) is 0 Å². The minimum absolute atomic E-state index is 0.278. The summed E-state index contributed by atoms with van der Waals surface area (Å²) in [5.41, 5.74) is 9.10. The van der Waals surface area contributed by atoms with E-state index in [1.807, 2.05) is 11.7 Å². The molecule has 1 aliphatic carbocycles. The third-order valence-corrected chi connectivity index (χ3v) is 6.07. The van der Waals surface area contributed by atoms with Gasteiger partial charge in [0, 0.05) is 17.8 Å². The van der Waals surface area contributed by atoms with Gasteiger partial charge in [-0.25, -0.2) is 0 Å². The first-order valence-corrected chi connectivity index (χ1v) is 7.52. The predicted octanol–water partition coefficient (Wildman–Crippen LogP) is 3.88. The van der Waals surface area contributed by atoms with Crippen LogP contribution in [0.3, 0.4) is 0 Å². The fourth-order valence-corrected chi connectivity index (χ4v) is 4.10. The molecule has 2 heterocycles. The van der Waals surface area contributed by atoms with E-state index in [1.54, 1.807) is 11.3 Å². The van der Waals surface area contributed by atoms with Crippen LogP contribution in [-0.4, -0.2) is 9.78 Å². The SMILES string of the molecule is Cn1nc(C2C(C)(C)C2(C)C)c(-c2cccs2)c1N. The van der Waals surface area contributed by atoms with Crippen LogP contribution in [0.15, 0.2) is 17.5 Å². The second kappa shape index (κ2) is 3.63. The minimum Gasteiger partial charge on any atom is -0.383 e. The van der Waals surface area contributed by atoms with Gasteiger partial charge in [0.25, 0.3) is 0 Å². The summed E-state index contributed by atoms with van der Waals surface area (Å²) in [7, 11) is 1.93. The third-order valence-electron chi connectivity index (χ3n) is 5.18. The summed E-state index contributed by atoms with van der Waals surface area (Å²) in [5.74, 6) is 1.25. The normalized spacial score (nSPS) is 20.7. The molecule has 19 heavy (non-hydrogen) atoms. The molecule has 4 heteroatoms. The molecule has 0 atom stereocenters. The van der Waals surface area contributed by atoms with Gasteiger partial charge in [-0.15, -0.1) is 11.3 Å². The van der Waals surface area contributed by atoms with Crippen LogP contribution < -0.4 is 5.73 Å². The van der Waals surface area contributed by atoms with Crippen molar-refractivity contribution >= 4 is 17.2 Å². The molecule has 102 valence electrons. The maximum Gasteiger partial charge on any atom is 0.130 e. The van der Waals surface area contributed by atoms with E-state index < -0.39 is 0 Å². The van der Waals surface area contributed by atoms with Gasteiger partial charge in [-0.1, -0.05) is 33.8 Å². The van der Waals surface area contributed by atoms with E-state index in [1.165, 1.54) is 4.88 Å². The number of aromatic nitrogens is 2. The number of nitrogen functional groups attached to an aromatic ring is 1. The summed E-state index contributed by atoms with van der Waals surface area (Å²) in [6.45, 7) is 9.28. The van der Waals surface area contributed by atoms with Gasteiger partial charge < -0.3 is 5.73 Å². The van der Waals surface area contributed by atoms with Crippen molar-refractivity contribution in [2.75, 3.05) is 5.73 Å². The summed E-state index contributed by atoms with van der Waals surface area (Å²) >= 11 is 1.73. The van der Waals surface area contributed by atoms with Crippen molar-refractivity contribution in [1.29, 1.82) is 0 Å². The molecular weight excluding hydrogens is 254 g/mol. The Hall–Kier alpha value is -1.29. The lowest BCUT2D eigenvalue weighted by Crippen LogP contribution is -1.97. The lowest BCUT2D eigenvalue weighted by molar-refractivity contribution is 0.457. The van der Waals surface area contributed by atoms with Crippen LogP contribution in [0, 0.1) is 10.8 Å². The standard InChI is InChI=1S/C15H21N3S/c1-14(2)12(15(14,3)4)11-10(9-7-6-8-19-9)13(16)18(5)17-11/h6-8,12H,16H2,1-5H3. The van der Waals surface area contributed by atoms with Crippen molar-refractivity contribution in [1.82, 2.24) is 9.78 Å². The number of rotatable bonds is 2. The van der Waals surface area contributed by atoms with Crippen molar-refractivity contribution < 1.29 is 0 Å². The second-order valence-electron chi connectivity index (χ2n) is 6.62. The van der Waals surface area contributed by atoms with Crippen molar-refractivity contribution in [2.24, 2.45) is 17.9 Å². The largest absolute Gasteiger partial charge is 0.383 e. The minimum atomic E-state index is 0.278. The molecule has 2 aromatic rings. The first kappa shape index (κ1) is 12.7. The summed E-state index contributed by atoms with van der Waals surface area (Å²) in [4.78, 5) is 1.22. The number of anilines is 1. The highest BCUT2D eigenvalue weighted by Gasteiger charge is 2.66. The number of nitrogens with zero attached hydrogens (tertiary/aromatic N) is 2. The van der Waals surface area contributed by atoms with Crippen molar-refractivity contribution in [3.8, 4) is 10.4 Å². The van der Waals surface area contributed by atoms with Crippen molar-refractivity contribution in [3.05, 3.63) is 23.2 Å². The molecule has 1 aliphatic rings. The summed E-state index contributed by atoms with van der Waals surface area (Å²) in [5, 5.41) is 6.81. The Labute approximate surface area is 118 Å². The Kier molecular flexibility index (Phi) is 2.43. The van der Waals surface area contributed by atoms with Gasteiger partial charge >= 0.3 is 0 Å². The molecular formula is C15H21N3S. The van der Waals surface area contributed by atoms with E-state index >= 15 is 0 Å². The number of hydrogen-bond acceptors (Lipinski definition) is 3. The van der Waals surface area contributed by atoms with Gasteiger partial charge in [-0.2, -0.15) is 5.10 Å². The summed E-state index contributed by atoms with van der Waals surface area (Å²) < 4.78 is 1.81. The smallest absolute Gasteiger partial charge is 0.130 e. The van der Waals surface area contributed by atoms with Gasteiger partial charge in [0.15, 0.2) is 0 Å². The van der Waals surface area contributed by atoms with E-state index in [0.29, 0.717) is 5.92 Å². The number of hydrogen-bond donors (Lipinski definition) is 1. The molecule has 1 fully saturated rings. The molecule has 0 aliphatic heterocycles. The molecule has 0 bridgehead atoms. The quantitative estimate of drug-likeness (QED) is 0.904. The van der Waals surface area contributed by atoms with Crippen LogP contribution >= 0.6 is 11.3 Å². The fourth-order valence-electron chi connectivity index (χ4n) is 3.31. The molecule has 2 N–H and O–H groups in total. The fraction of sp³-hybridized carbons (Fsp3) is 0.533. The number of nitrogens with two attached hydrogens (primary N) is 1. The van der Waals surface area contributed by atoms with E-state index in [-0.39, 0.29) is 10.8 Å². The molecule has 3 nitrogen and oxygen atoms in total. The molecule has 2 aromatic heterocycles. The molecule has 0 spiro atoms. The lowest BCUT2D eigenvalue weighted by Gasteiger charge is -2.03. The second-order valence-corrected chi connectivity index (χ2v) is 7.57. The monoisotopic (exact) mass is 275 g/mol. The molecule has 1 saturated carbocycles. The zero-order valence-corrected chi connectivity index (χ0v) is 13.0. The Morgan fingerprint density at radius 1 is 1.26 bits per heavy atom. The van der Waals surface area contributed by atoms with Crippen LogP contribution in [0.1, 0.15) is 39.3 Å². The van der Waals surface area contributed by atoms with Gasteiger partial charge in [-0.3, -0.25) is 4.68 Å². The predicted molar refractivity (Wildman–Crippen MR) is 81.2 cm³/mol. The molecule has 0 saturated heterocycles.